The highest BCUT2D eigenvalue weighted by Gasteiger charge is 2.42. The van der Waals surface area contributed by atoms with Gasteiger partial charge < -0.3 is 10.2 Å². The predicted molar refractivity (Wildman–Crippen MR) is 58.6 cm³/mol. The minimum absolute atomic E-state index is 0.0389. The van der Waals surface area contributed by atoms with Crippen LogP contribution in [0.2, 0.25) is 10.0 Å². The first-order valence-electron chi connectivity index (χ1n) is 4.44. The van der Waals surface area contributed by atoms with Gasteiger partial charge in [-0.3, -0.25) is 4.79 Å². The van der Waals surface area contributed by atoms with E-state index in [9.17, 15) is 18.7 Å². The molecule has 0 saturated heterocycles. The highest BCUT2D eigenvalue weighted by molar-refractivity contribution is 6.34. The Kier molecular flexibility index (Phi) is 4.30. The molecule has 0 radical (unpaired) electrons. The van der Waals surface area contributed by atoms with Gasteiger partial charge in [0.15, 0.2) is 5.60 Å². The lowest BCUT2D eigenvalue weighted by Crippen LogP contribution is -2.36. The molecule has 1 unspecified atom stereocenters. The summed E-state index contributed by atoms with van der Waals surface area (Å²) in [5.41, 5.74) is -3.13. The zero-order chi connectivity index (χ0) is 13.2. The van der Waals surface area contributed by atoms with E-state index in [4.69, 9.17) is 28.3 Å². The summed E-state index contributed by atoms with van der Waals surface area (Å²) < 4.78 is 25.6. The molecule has 0 saturated carbocycles. The topological polar surface area (TPSA) is 57.5 Å². The van der Waals surface area contributed by atoms with Gasteiger partial charge in [0.05, 0.1) is 6.42 Å². The lowest BCUT2D eigenvalue weighted by atomic mass is 9.91. The molecule has 0 aliphatic carbocycles. The van der Waals surface area contributed by atoms with Crippen LogP contribution in [0.3, 0.4) is 0 Å². The van der Waals surface area contributed by atoms with E-state index in [1.54, 1.807) is 0 Å². The Morgan fingerprint density at radius 1 is 1.29 bits per heavy atom. The van der Waals surface area contributed by atoms with Crippen molar-refractivity contribution in [2.45, 2.75) is 18.4 Å². The fourth-order valence-electron chi connectivity index (χ4n) is 1.34. The van der Waals surface area contributed by atoms with E-state index >= 15 is 0 Å². The number of halogens is 4. The molecule has 1 aromatic carbocycles. The molecule has 94 valence electrons. The second-order valence-electron chi connectivity index (χ2n) is 3.45. The van der Waals surface area contributed by atoms with Crippen LogP contribution in [0.4, 0.5) is 8.78 Å². The highest BCUT2D eigenvalue weighted by Crippen LogP contribution is 2.35. The number of hydrogen-bond donors (Lipinski definition) is 2. The van der Waals surface area contributed by atoms with Crippen molar-refractivity contribution in [3.8, 4) is 0 Å². The third-order valence-corrected chi connectivity index (χ3v) is 2.58. The van der Waals surface area contributed by atoms with Crippen molar-refractivity contribution < 1.29 is 23.8 Å². The van der Waals surface area contributed by atoms with E-state index < -0.39 is 24.4 Å². The van der Waals surface area contributed by atoms with Gasteiger partial charge >= 0.3 is 5.97 Å². The predicted octanol–water partition coefficient (Wildman–Crippen LogP) is 2.92. The number of rotatable bonds is 4. The third-order valence-electron chi connectivity index (χ3n) is 2.14. The lowest BCUT2D eigenvalue weighted by molar-refractivity contribution is -0.155. The normalized spacial score (nSPS) is 14.7. The van der Waals surface area contributed by atoms with Crippen LogP contribution in [0.1, 0.15) is 12.0 Å². The molecule has 0 amide bonds. The first kappa shape index (κ1) is 14.2. The number of alkyl halides is 2. The molecule has 0 bridgehead atoms. The third kappa shape index (κ3) is 3.28. The Morgan fingerprint density at radius 3 is 2.12 bits per heavy atom. The van der Waals surface area contributed by atoms with Crippen molar-refractivity contribution in [3.63, 3.8) is 0 Å². The quantitative estimate of drug-likeness (QED) is 0.894. The van der Waals surface area contributed by atoms with Crippen LogP contribution in [0.5, 0.6) is 0 Å². The van der Waals surface area contributed by atoms with Gasteiger partial charge in [-0.15, -0.1) is 0 Å². The van der Waals surface area contributed by atoms with Crippen LogP contribution in [0, 0.1) is 0 Å². The Hall–Kier alpha value is -0.910. The van der Waals surface area contributed by atoms with Gasteiger partial charge in [0, 0.05) is 10.0 Å². The first-order valence-corrected chi connectivity index (χ1v) is 5.20. The Labute approximate surface area is 106 Å². The summed E-state index contributed by atoms with van der Waals surface area (Å²) >= 11 is 11.2. The van der Waals surface area contributed by atoms with Gasteiger partial charge in [0.1, 0.15) is 0 Å². The maximum absolute atomic E-state index is 12.8. The zero-order valence-electron chi connectivity index (χ0n) is 8.33. The lowest BCUT2D eigenvalue weighted by Gasteiger charge is -2.26. The van der Waals surface area contributed by atoms with Crippen molar-refractivity contribution in [1.29, 1.82) is 0 Å². The Balaban J connectivity index is 3.26. The van der Waals surface area contributed by atoms with Gasteiger partial charge in [-0.25, -0.2) is 8.78 Å². The van der Waals surface area contributed by atoms with Crippen molar-refractivity contribution in [3.05, 3.63) is 33.8 Å². The van der Waals surface area contributed by atoms with Crippen LogP contribution in [-0.2, 0) is 10.4 Å². The van der Waals surface area contributed by atoms with Gasteiger partial charge in [-0.1, -0.05) is 23.2 Å². The van der Waals surface area contributed by atoms with Gasteiger partial charge in [-0.05, 0) is 23.8 Å². The molecule has 2 N–H and O–H groups in total. The van der Waals surface area contributed by atoms with E-state index in [1.165, 1.54) is 6.07 Å². The van der Waals surface area contributed by atoms with Crippen LogP contribution >= 0.6 is 23.2 Å². The maximum Gasteiger partial charge on any atom is 0.306 e. The summed E-state index contributed by atoms with van der Waals surface area (Å²) in [5.74, 6) is -1.55. The fourth-order valence-corrected chi connectivity index (χ4v) is 1.87. The average Bonchev–Trinajstić information content (AvgIpc) is 2.14. The summed E-state index contributed by atoms with van der Waals surface area (Å²) in [4.78, 5) is 10.5. The molecule has 0 heterocycles. The molecule has 0 spiro atoms. The zero-order valence-corrected chi connectivity index (χ0v) is 9.84. The van der Waals surface area contributed by atoms with Crippen LogP contribution in [-0.4, -0.2) is 22.6 Å². The Bertz CT molecular complexity index is 419. The molecule has 1 rings (SSSR count). The summed E-state index contributed by atoms with van der Waals surface area (Å²) in [6.07, 6.45) is -4.41. The van der Waals surface area contributed by atoms with Gasteiger partial charge in [0.25, 0.3) is 6.43 Å². The maximum atomic E-state index is 12.8. The fraction of sp³-hybridized carbons (Fsp3) is 0.300. The van der Waals surface area contributed by atoms with E-state index in [0.29, 0.717) is 0 Å². The summed E-state index contributed by atoms with van der Waals surface area (Å²) in [5, 5.41) is 18.3. The molecule has 0 aromatic heterocycles. The molecule has 7 heteroatoms. The number of carboxylic acid groups (broad SMARTS) is 1. The van der Waals surface area contributed by atoms with Gasteiger partial charge in [-0.2, -0.15) is 0 Å². The standard InChI is InChI=1S/C10H8Cl2F2O3/c11-6-1-5(2-7(12)3-6)10(17,9(13)14)4-8(15)16/h1-3,9,17H,4H2,(H,15,16). The summed E-state index contributed by atoms with van der Waals surface area (Å²) in [6.45, 7) is 0. The van der Waals surface area contributed by atoms with Crippen molar-refractivity contribution in [2.24, 2.45) is 0 Å². The number of carboxylic acids is 1. The minimum Gasteiger partial charge on any atom is -0.481 e. The monoisotopic (exact) mass is 284 g/mol. The van der Waals surface area contributed by atoms with Crippen LogP contribution < -0.4 is 0 Å². The number of hydrogen-bond acceptors (Lipinski definition) is 2. The largest absolute Gasteiger partial charge is 0.481 e. The van der Waals surface area contributed by atoms with Crippen molar-refractivity contribution >= 4 is 29.2 Å². The molecule has 3 nitrogen and oxygen atoms in total. The van der Waals surface area contributed by atoms with Crippen molar-refractivity contribution in [2.75, 3.05) is 0 Å². The summed E-state index contributed by atoms with van der Waals surface area (Å²) in [6, 6.07) is 3.41. The Morgan fingerprint density at radius 2 is 1.76 bits per heavy atom. The van der Waals surface area contributed by atoms with E-state index in [2.05, 4.69) is 0 Å². The molecule has 1 aromatic rings. The molecular formula is C10H8Cl2F2O3. The van der Waals surface area contributed by atoms with Crippen LogP contribution in [0.25, 0.3) is 0 Å². The smallest absolute Gasteiger partial charge is 0.306 e. The number of aliphatic carboxylic acids is 1. The highest BCUT2D eigenvalue weighted by atomic mass is 35.5. The molecule has 17 heavy (non-hydrogen) atoms. The number of carbonyl (C=O) groups is 1. The number of aliphatic hydroxyl groups is 1. The second-order valence-corrected chi connectivity index (χ2v) is 4.33. The van der Waals surface area contributed by atoms with Crippen molar-refractivity contribution in [1.82, 2.24) is 0 Å². The second kappa shape index (κ2) is 5.16. The van der Waals surface area contributed by atoms with E-state index in [1.807, 2.05) is 0 Å². The minimum atomic E-state index is -3.27. The SMILES string of the molecule is O=C(O)CC(O)(c1cc(Cl)cc(Cl)c1)C(F)F. The van der Waals surface area contributed by atoms with E-state index in [0.717, 1.165) is 12.1 Å². The summed E-state index contributed by atoms with van der Waals surface area (Å²) in [7, 11) is 0. The first-order chi connectivity index (χ1) is 7.75. The molecule has 0 aliphatic rings. The molecular weight excluding hydrogens is 277 g/mol. The van der Waals surface area contributed by atoms with E-state index in [-0.39, 0.29) is 15.6 Å². The number of benzene rings is 1. The molecule has 1 atom stereocenters. The van der Waals surface area contributed by atoms with Gasteiger partial charge in [0.2, 0.25) is 0 Å². The average molecular weight is 285 g/mol. The molecule has 0 aliphatic heterocycles. The van der Waals surface area contributed by atoms with Crippen LogP contribution in [0.15, 0.2) is 18.2 Å². The molecule has 0 fully saturated rings.